The van der Waals surface area contributed by atoms with Crippen LogP contribution in [-0.4, -0.2) is 37.6 Å². The van der Waals surface area contributed by atoms with Crippen molar-refractivity contribution >= 4 is 0 Å². The maximum atomic E-state index is 3.43. The molecular weight excluding hydrogens is 112 g/mol. The molecule has 0 aliphatic carbocycles. The fourth-order valence-electron chi connectivity index (χ4n) is 1.39. The molecule has 54 valence electrons. The molecule has 0 saturated carbocycles. The highest BCUT2D eigenvalue weighted by Crippen LogP contribution is 2.04. The van der Waals surface area contributed by atoms with Crippen LogP contribution in [0, 0.1) is 0 Å². The molecule has 0 aromatic heterocycles. The van der Waals surface area contributed by atoms with E-state index in [-0.39, 0.29) is 0 Å². The average Bonchev–Trinajstić information content (AvgIpc) is 2.17. The van der Waals surface area contributed by atoms with Crippen LogP contribution in [0.25, 0.3) is 0 Å². The Kier molecular flexibility index (Phi) is 2.49. The standard InChI is InChI=1S/C7H16N2/c1-3-8-7-4-5-9(2)6-7/h7-8H,3-6H2,1-2H3/t7-/m1/s1. The van der Waals surface area contributed by atoms with Gasteiger partial charge in [-0.2, -0.15) is 0 Å². The smallest absolute Gasteiger partial charge is 0.0206 e. The third-order valence-corrected chi connectivity index (χ3v) is 1.88. The van der Waals surface area contributed by atoms with E-state index in [2.05, 4.69) is 24.2 Å². The quantitative estimate of drug-likeness (QED) is 0.575. The first-order valence-electron chi connectivity index (χ1n) is 3.75. The van der Waals surface area contributed by atoms with Crippen LogP contribution in [0.1, 0.15) is 13.3 Å². The van der Waals surface area contributed by atoms with Crippen LogP contribution in [-0.2, 0) is 0 Å². The van der Waals surface area contributed by atoms with Gasteiger partial charge in [-0.1, -0.05) is 6.92 Å². The highest BCUT2D eigenvalue weighted by molar-refractivity contribution is 4.77. The van der Waals surface area contributed by atoms with Crippen molar-refractivity contribution in [3.63, 3.8) is 0 Å². The summed E-state index contributed by atoms with van der Waals surface area (Å²) in [6, 6.07) is 0.764. The van der Waals surface area contributed by atoms with Gasteiger partial charge in [-0.3, -0.25) is 0 Å². The fraction of sp³-hybridized carbons (Fsp3) is 1.00. The first-order chi connectivity index (χ1) is 4.33. The molecule has 1 aliphatic rings. The molecule has 0 radical (unpaired) electrons. The lowest BCUT2D eigenvalue weighted by Crippen LogP contribution is -2.30. The van der Waals surface area contributed by atoms with Crippen LogP contribution in [0.3, 0.4) is 0 Å². The van der Waals surface area contributed by atoms with E-state index in [1.807, 2.05) is 0 Å². The lowest BCUT2D eigenvalue weighted by molar-refractivity contribution is 0.400. The molecule has 0 amide bonds. The van der Waals surface area contributed by atoms with Crippen molar-refractivity contribution in [2.45, 2.75) is 19.4 Å². The van der Waals surface area contributed by atoms with E-state index in [0.29, 0.717) is 0 Å². The van der Waals surface area contributed by atoms with Crippen LogP contribution in [0.2, 0.25) is 0 Å². The Labute approximate surface area is 57.2 Å². The molecule has 2 nitrogen and oxygen atoms in total. The van der Waals surface area contributed by atoms with Gasteiger partial charge in [0.2, 0.25) is 0 Å². The van der Waals surface area contributed by atoms with E-state index in [9.17, 15) is 0 Å². The molecule has 0 aromatic carbocycles. The molecule has 0 aromatic rings. The Bertz CT molecular complexity index is 81.0. The van der Waals surface area contributed by atoms with Gasteiger partial charge in [0.05, 0.1) is 0 Å². The zero-order valence-electron chi connectivity index (χ0n) is 6.35. The van der Waals surface area contributed by atoms with Gasteiger partial charge in [-0.05, 0) is 26.6 Å². The molecule has 0 spiro atoms. The van der Waals surface area contributed by atoms with Gasteiger partial charge in [0, 0.05) is 12.6 Å². The molecule has 9 heavy (non-hydrogen) atoms. The number of likely N-dealkylation sites (tertiary alicyclic amines) is 1. The predicted molar refractivity (Wildman–Crippen MR) is 39.6 cm³/mol. The summed E-state index contributed by atoms with van der Waals surface area (Å²) >= 11 is 0. The van der Waals surface area contributed by atoms with Crippen LogP contribution in [0.5, 0.6) is 0 Å². The lowest BCUT2D eigenvalue weighted by atomic mass is 10.3. The maximum Gasteiger partial charge on any atom is 0.0206 e. The van der Waals surface area contributed by atoms with Gasteiger partial charge < -0.3 is 10.2 Å². The minimum Gasteiger partial charge on any atom is -0.313 e. The van der Waals surface area contributed by atoms with Crippen molar-refractivity contribution in [1.29, 1.82) is 0 Å². The fourth-order valence-corrected chi connectivity index (χ4v) is 1.39. The second kappa shape index (κ2) is 3.18. The second-order valence-electron chi connectivity index (χ2n) is 2.81. The third kappa shape index (κ3) is 1.95. The van der Waals surface area contributed by atoms with Gasteiger partial charge in [0.15, 0.2) is 0 Å². The Morgan fingerprint density at radius 2 is 2.44 bits per heavy atom. The molecule has 1 fully saturated rings. The van der Waals surface area contributed by atoms with Gasteiger partial charge in [-0.25, -0.2) is 0 Å². The zero-order valence-corrected chi connectivity index (χ0v) is 6.35. The lowest BCUT2D eigenvalue weighted by Gasteiger charge is -2.09. The summed E-state index contributed by atoms with van der Waals surface area (Å²) in [7, 11) is 2.18. The molecule has 1 rings (SSSR count). The second-order valence-corrected chi connectivity index (χ2v) is 2.81. The van der Waals surface area contributed by atoms with Crippen molar-refractivity contribution in [2.24, 2.45) is 0 Å². The Morgan fingerprint density at radius 1 is 1.67 bits per heavy atom. The zero-order chi connectivity index (χ0) is 6.69. The van der Waals surface area contributed by atoms with Crippen molar-refractivity contribution in [1.82, 2.24) is 10.2 Å². The summed E-state index contributed by atoms with van der Waals surface area (Å²) < 4.78 is 0. The summed E-state index contributed by atoms with van der Waals surface area (Å²) in [6.07, 6.45) is 1.32. The molecule has 0 bridgehead atoms. The summed E-state index contributed by atoms with van der Waals surface area (Å²) in [5.74, 6) is 0. The molecular formula is C7H16N2. The van der Waals surface area contributed by atoms with E-state index in [0.717, 1.165) is 12.6 Å². The number of hydrogen-bond donors (Lipinski definition) is 1. The van der Waals surface area contributed by atoms with Gasteiger partial charge in [0.1, 0.15) is 0 Å². The minimum atomic E-state index is 0.764. The van der Waals surface area contributed by atoms with Crippen LogP contribution in [0.15, 0.2) is 0 Å². The monoisotopic (exact) mass is 128 g/mol. The molecule has 1 aliphatic heterocycles. The van der Waals surface area contributed by atoms with Crippen molar-refractivity contribution in [3.8, 4) is 0 Å². The first kappa shape index (κ1) is 7.03. The largest absolute Gasteiger partial charge is 0.313 e. The molecule has 2 heteroatoms. The van der Waals surface area contributed by atoms with E-state index in [1.54, 1.807) is 0 Å². The van der Waals surface area contributed by atoms with Crippen molar-refractivity contribution < 1.29 is 0 Å². The molecule has 1 atom stereocenters. The molecule has 1 N–H and O–H groups in total. The van der Waals surface area contributed by atoms with Gasteiger partial charge >= 0.3 is 0 Å². The topological polar surface area (TPSA) is 15.3 Å². The predicted octanol–water partition coefficient (Wildman–Crippen LogP) is 0.300. The summed E-state index contributed by atoms with van der Waals surface area (Å²) in [4.78, 5) is 2.37. The van der Waals surface area contributed by atoms with E-state index in [4.69, 9.17) is 0 Å². The van der Waals surface area contributed by atoms with E-state index >= 15 is 0 Å². The normalized spacial score (nSPS) is 29.3. The summed E-state index contributed by atoms with van der Waals surface area (Å²) in [5.41, 5.74) is 0. The van der Waals surface area contributed by atoms with Crippen LogP contribution in [0.4, 0.5) is 0 Å². The summed E-state index contributed by atoms with van der Waals surface area (Å²) in [5, 5.41) is 3.43. The highest BCUT2D eigenvalue weighted by Gasteiger charge is 2.17. The number of nitrogens with one attached hydrogen (secondary N) is 1. The molecule has 1 saturated heterocycles. The Hall–Kier alpha value is -0.0800. The van der Waals surface area contributed by atoms with E-state index < -0.39 is 0 Å². The first-order valence-corrected chi connectivity index (χ1v) is 3.75. The molecule has 1 heterocycles. The highest BCUT2D eigenvalue weighted by atomic mass is 15.2. The summed E-state index contributed by atoms with van der Waals surface area (Å²) in [6.45, 7) is 5.77. The van der Waals surface area contributed by atoms with Crippen molar-refractivity contribution in [2.75, 3.05) is 26.7 Å². The number of likely N-dealkylation sites (N-methyl/N-ethyl adjacent to an activating group) is 2. The number of rotatable bonds is 2. The third-order valence-electron chi connectivity index (χ3n) is 1.88. The van der Waals surface area contributed by atoms with Crippen molar-refractivity contribution in [3.05, 3.63) is 0 Å². The van der Waals surface area contributed by atoms with Gasteiger partial charge in [0.25, 0.3) is 0 Å². The van der Waals surface area contributed by atoms with E-state index in [1.165, 1.54) is 19.5 Å². The maximum absolute atomic E-state index is 3.43. The van der Waals surface area contributed by atoms with Crippen LogP contribution < -0.4 is 5.32 Å². The minimum absolute atomic E-state index is 0.764. The number of hydrogen-bond acceptors (Lipinski definition) is 2. The van der Waals surface area contributed by atoms with Crippen LogP contribution >= 0.6 is 0 Å². The Balaban J connectivity index is 2.14. The average molecular weight is 128 g/mol. The number of nitrogens with zero attached hydrogens (tertiary/aromatic N) is 1. The van der Waals surface area contributed by atoms with Gasteiger partial charge in [-0.15, -0.1) is 0 Å². The SMILES string of the molecule is CCN[C@@H]1CCN(C)C1. The Morgan fingerprint density at radius 3 is 2.89 bits per heavy atom. The molecule has 0 unspecified atom stereocenters.